The number of guanidine groups is 1. The Balaban J connectivity index is 1.92. The number of likely N-dealkylation sites (N-methyl/N-ethyl adjacent to an activating group) is 1. The van der Waals surface area contributed by atoms with E-state index in [1.165, 1.54) is 12.1 Å². The first kappa shape index (κ1) is 13.3. The third-order valence-electron chi connectivity index (χ3n) is 3.36. The highest BCUT2D eigenvalue weighted by atomic mass is 19.1. The molecule has 3 rings (SSSR count). The molecule has 2 aromatic rings. The van der Waals surface area contributed by atoms with E-state index >= 15 is 0 Å². The van der Waals surface area contributed by atoms with Gasteiger partial charge in [0, 0.05) is 7.05 Å². The van der Waals surface area contributed by atoms with Gasteiger partial charge in [0.25, 0.3) is 5.91 Å². The summed E-state index contributed by atoms with van der Waals surface area (Å²) in [6.07, 6.45) is 0. The summed E-state index contributed by atoms with van der Waals surface area (Å²) in [5, 5.41) is 2.73. The third kappa shape index (κ3) is 2.63. The number of rotatable bonds is 2. The van der Waals surface area contributed by atoms with Crippen LogP contribution in [0.1, 0.15) is 11.6 Å². The summed E-state index contributed by atoms with van der Waals surface area (Å²) < 4.78 is 13.3. The molecular formula is C16H14FN3O. The molecule has 1 unspecified atom stereocenters. The Morgan fingerprint density at radius 3 is 2.62 bits per heavy atom. The van der Waals surface area contributed by atoms with E-state index in [4.69, 9.17) is 0 Å². The van der Waals surface area contributed by atoms with Crippen LogP contribution < -0.4 is 5.32 Å². The molecule has 106 valence electrons. The first-order valence-electron chi connectivity index (χ1n) is 6.58. The molecule has 2 aromatic carbocycles. The number of carbonyl (C=O) groups excluding carboxylic acids is 1. The summed E-state index contributed by atoms with van der Waals surface area (Å²) in [6.45, 7) is 0. The fourth-order valence-corrected chi connectivity index (χ4v) is 2.35. The molecule has 0 bridgehead atoms. The van der Waals surface area contributed by atoms with Crippen molar-refractivity contribution in [3.63, 3.8) is 0 Å². The molecule has 1 heterocycles. The lowest BCUT2D eigenvalue weighted by Gasteiger charge is -2.18. The first-order valence-corrected chi connectivity index (χ1v) is 6.58. The van der Waals surface area contributed by atoms with Crippen LogP contribution in [0.15, 0.2) is 59.6 Å². The van der Waals surface area contributed by atoms with E-state index in [0.717, 1.165) is 5.69 Å². The van der Waals surface area contributed by atoms with E-state index < -0.39 is 6.04 Å². The van der Waals surface area contributed by atoms with Gasteiger partial charge in [-0.25, -0.2) is 9.38 Å². The summed E-state index contributed by atoms with van der Waals surface area (Å²) in [7, 11) is 1.76. The Hall–Kier alpha value is -2.69. The van der Waals surface area contributed by atoms with Gasteiger partial charge in [-0.05, 0) is 29.8 Å². The molecule has 5 heteroatoms. The smallest absolute Gasteiger partial charge is 0.254 e. The second-order valence-electron chi connectivity index (χ2n) is 4.83. The molecule has 1 atom stereocenters. The molecule has 0 saturated carbocycles. The number of hydrogen-bond donors (Lipinski definition) is 1. The van der Waals surface area contributed by atoms with Crippen LogP contribution in [0.5, 0.6) is 0 Å². The average molecular weight is 283 g/mol. The van der Waals surface area contributed by atoms with Crippen LogP contribution in [0.3, 0.4) is 0 Å². The van der Waals surface area contributed by atoms with Crippen molar-refractivity contribution in [2.45, 2.75) is 6.04 Å². The Morgan fingerprint density at radius 2 is 1.90 bits per heavy atom. The average Bonchev–Trinajstić information content (AvgIpc) is 2.74. The number of amides is 1. The maximum absolute atomic E-state index is 13.3. The van der Waals surface area contributed by atoms with Crippen LogP contribution in [0, 0.1) is 5.82 Å². The van der Waals surface area contributed by atoms with Crippen LogP contribution in [0.25, 0.3) is 0 Å². The lowest BCUT2D eigenvalue weighted by Crippen LogP contribution is -2.27. The lowest BCUT2D eigenvalue weighted by atomic mass is 10.1. The minimum atomic E-state index is -0.567. The molecule has 1 amide bonds. The minimum absolute atomic E-state index is 0.210. The normalized spacial score (nSPS) is 19.9. The van der Waals surface area contributed by atoms with Crippen molar-refractivity contribution in [3.05, 3.63) is 66.0 Å². The van der Waals surface area contributed by atoms with E-state index in [1.54, 1.807) is 24.1 Å². The van der Waals surface area contributed by atoms with Crippen molar-refractivity contribution in [2.75, 3.05) is 7.05 Å². The van der Waals surface area contributed by atoms with E-state index in [1.807, 2.05) is 30.3 Å². The van der Waals surface area contributed by atoms with Crippen molar-refractivity contribution >= 4 is 17.6 Å². The number of hydrogen-bond acceptors (Lipinski definition) is 2. The van der Waals surface area contributed by atoms with Crippen LogP contribution >= 0.6 is 0 Å². The third-order valence-corrected chi connectivity index (χ3v) is 3.36. The molecule has 1 aliphatic rings. The van der Waals surface area contributed by atoms with Gasteiger partial charge in [-0.15, -0.1) is 0 Å². The fraction of sp³-hybridized carbons (Fsp3) is 0.125. The molecule has 0 aliphatic carbocycles. The Morgan fingerprint density at radius 1 is 1.14 bits per heavy atom. The SMILES string of the molecule is CN1C(=Nc2ccccc2)NC(=O)C1c1cccc(F)c1. The maximum atomic E-state index is 13.3. The van der Waals surface area contributed by atoms with Gasteiger partial charge in [-0.1, -0.05) is 30.3 Å². The molecule has 1 fully saturated rings. The first-order chi connectivity index (χ1) is 10.1. The van der Waals surface area contributed by atoms with Crippen LogP contribution in [-0.4, -0.2) is 23.8 Å². The second kappa shape index (κ2) is 5.36. The highest BCUT2D eigenvalue weighted by Crippen LogP contribution is 2.25. The van der Waals surface area contributed by atoms with Crippen molar-refractivity contribution in [1.82, 2.24) is 10.2 Å². The monoisotopic (exact) mass is 283 g/mol. The predicted molar refractivity (Wildman–Crippen MR) is 78.6 cm³/mol. The lowest BCUT2D eigenvalue weighted by molar-refractivity contribution is -0.121. The van der Waals surface area contributed by atoms with Gasteiger partial charge in [-0.2, -0.15) is 0 Å². The summed E-state index contributed by atoms with van der Waals surface area (Å²) >= 11 is 0. The highest BCUT2D eigenvalue weighted by molar-refractivity contribution is 6.07. The highest BCUT2D eigenvalue weighted by Gasteiger charge is 2.35. The molecular weight excluding hydrogens is 269 g/mol. The van der Waals surface area contributed by atoms with Gasteiger partial charge >= 0.3 is 0 Å². The van der Waals surface area contributed by atoms with Crippen molar-refractivity contribution in [1.29, 1.82) is 0 Å². The number of carbonyl (C=O) groups is 1. The van der Waals surface area contributed by atoms with E-state index in [2.05, 4.69) is 10.3 Å². The van der Waals surface area contributed by atoms with Crippen LogP contribution in [0.2, 0.25) is 0 Å². The Kier molecular flexibility index (Phi) is 3.39. The fourth-order valence-electron chi connectivity index (χ4n) is 2.35. The molecule has 0 radical (unpaired) electrons. The Bertz CT molecular complexity index is 700. The number of nitrogens with one attached hydrogen (secondary N) is 1. The summed E-state index contributed by atoms with van der Waals surface area (Å²) in [5.74, 6) is -0.111. The minimum Gasteiger partial charge on any atom is -0.329 e. The van der Waals surface area contributed by atoms with E-state index in [9.17, 15) is 9.18 Å². The van der Waals surface area contributed by atoms with Crippen molar-refractivity contribution < 1.29 is 9.18 Å². The van der Waals surface area contributed by atoms with E-state index in [-0.39, 0.29) is 11.7 Å². The molecule has 1 N–H and O–H groups in total. The molecule has 4 nitrogen and oxygen atoms in total. The molecule has 21 heavy (non-hydrogen) atoms. The van der Waals surface area contributed by atoms with Gasteiger partial charge in [0.05, 0.1) is 5.69 Å². The number of para-hydroxylation sites is 1. The van der Waals surface area contributed by atoms with Gasteiger partial charge in [0.2, 0.25) is 5.96 Å². The summed E-state index contributed by atoms with van der Waals surface area (Å²) in [5.41, 5.74) is 1.35. The molecule has 0 aromatic heterocycles. The van der Waals surface area contributed by atoms with Gasteiger partial charge in [0.15, 0.2) is 0 Å². The molecule has 1 aliphatic heterocycles. The summed E-state index contributed by atoms with van der Waals surface area (Å²) in [6, 6.07) is 14.8. The number of halogens is 1. The van der Waals surface area contributed by atoms with Crippen LogP contribution in [-0.2, 0) is 4.79 Å². The largest absolute Gasteiger partial charge is 0.329 e. The topological polar surface area (TPSA) is 44.7 Å². The Labute approximate surface area is 121 Å². The summed E-state index contributed by atoms with van der Waals surface area (Å²) in [4.78, 5) is 18.3. The zero-order chi connectivity index (χ0) is 14.8. The van der Waals surface area contributed by atoms with Crippen LogP contribution in [0.4, 0.5) is 10.1 Å². The maximum Gasteiger partial charge on any atom is 0.254 e. The zero-order valence-electron chi connectivity index (χ0n) is 11.5. The van der Waals surface area contributed by atoms with E-state index in [0.29, 0.717) is 11.5 Å². The molecule has 1 saturated heterocycles. The predicted octanol–water partition coefficient (Wildman–Crippen LogP) is 2.62. The van der Waals surface area contributed by atoms with Crippen molar-refractivity contribution in [2.24, 2.45) is 4.99 Å². The quantitative estimate of drug-likeness (QED) is 0.920. The van der Waals surface area contributed by atoms with Gasteiger partial charge in [-0.3, -0.25) is 10.1 Å². The number of nitrogens with zero attached hydrogens (tertiary/aromatic N) is 2. The van der Waals surface area contributed by atoms with Gasteiger partial charge < -0.3 is 4.90 Å². The number of benzene rings is 2. The van der Waals surface area contributed by atoms with Gasteiger partial charge in [0.1, 0.15) is 11.9 Å². The van der Waals surface area contributed by atoms with Crippen molar-refractivity contribution in [3.8, 4) is 0 Å². The molecule has 0 spiro atoms. The second-order valence-corrected chi connectivity index (χ2v) is 4.83. The zero-order valence-corrected chi connectivity index (χ0v) is 11.5. The standard InChI is InChI=1S/C16H14FN3O/c1-20-14(11-6-5-7-12(17)10-11)15(21)19-16(20)18-13-8-3-2-4-9-13/h2-10,14H,1H3,(H,18,19,21). The number of aliphatic imine (C=N–C) groups is 1.